The second-order valence-corrected chi connectivity index (χ2v) is 14.6. The minimum atomic E-state index is -0.579. The number of ether oxygens (including phenoxy) is 1. The van der Waals surface area contributed by atoms with Crippen molar-refractivity contribution in [3.8, 4) is 0 Å². The Morgan fingerprint density at radius 2 is 1.29 bits per heavy atom. The third kappa shape index (κ3) is 10.1. The quantitative estimate of drug-likeness (QED) is 0.370. The lowest BCUT2D eigenvalue weighted by atomic mass is 9.98. The maximum atomic E-state index is 12.8. The van der Waals surface area contributed by atoms with E-state index in [1.165, 1.54) is 0 Å². The summed E-state index contributed by atoms with van der Waals surface area (Å²) in [5.41, 5.74) is 1.46. The van der Waals surface area contributed by atoms with Crippen LogP contribution in [0.2, 0.25) is 10.0 Å². The minimum absolute atomic E-state index is 0.0422. The van der Waals surface area contributed by atoms with E-state index in [4.69, 9.17) is 27.9 Å². The van der Waals surface area contributed by atoms with Crippen molar-refractivity contribution in [2.45, 2.75) is 92.1 Å². The average molecular weight is 662 g/mol. The SMILES string of the molecule is CC(C)C(=O)N1CC(c2cccc(Cl)c2)NC[C@H]1C.CC(C)C(=O)N1C[C@H](c2cccc(Cl)c2)N(C(=O)OC(C)(C)C)C[C@H]1C. The zero-order chi connectivity index (χ0) is 33.6. The van der Waals surface area contributed by atoms with Crippen LogP contribution in [0.1, 0.15) is 85.5 Å². The molecule has 2 fully saturated rings. The summed E-state index contributed by atoms with van der Waals surface area (Å²) in [6.07, 6.45) is -0.369. The van der Waals surface area contributed by atoms with Gasteiger partial charge in [0.05, 0.1) is 12.1 Å². The maximum absolute atomic E-state index is 12.8. The van der Waals surface area contributed by atoms with Gasteiger partial charge in [-0.25, -0.2) is 4.79 Å². The molecule has 2 aromatic rings. The molecule has 4 atom stereocenters. The van der Waals surface area contributed by atoms with E-state index in [1.807, 2.05) is 102 Å². The molecule has 45 heavy (non-hydrogen) atoms. The molecule has 2 heterocycles. The minimum Gasteiger partial charge on any atom is -0.444 e. The fraction of sp³-hybridized carbons (Fsp3) is 0.571. The van der Waals surface area contributed by atoms with Gasteiger partial charge in [0, 0.05) is 60.1 Å². The van der Waals surface area contributed by atoms with Gasteiger partial charge in [-0.15, -0.1) is 0 Å². The third-order valence-electron chi connectivity index (χ3n) is 7.98. The molecule has 3 amide bonds. The fourth-order valence-electron chi connectivity index (χ4n) is 5.59. The van der Waals surface area contributed by atoms with Gasteiger partial charge in [0.1, 0.15) is 5.60 Å². The molecule has 0 aromatic heterocycles. The Labute approximate surface area is 279 Å². The van der Waals surface area contributed by atoms with Gasteiger partial charge < -0.3 is 19.9 Å². The van der Waals surface area contributed by atoms with Crippen molar-refractivity contribution in [2.24, 2.45) is 11.8 Å². The van der Waals surface area contributed by atoms with Gasteiger partial charge in [0.25, 0.3) is 0 Å². The predicted molar refractivity (Wildman–Crippen MR) is 181 cm³/mol. The first-order chi connectivity index (χ1) is 21.0. The van der Waals surface area contributed by atoms with Crippen LogP contribution in [0.15, 0.2) is 48.5 Å². The molecule has 8 nitrogen and oxygen atoms in total. The number of amides is 3. The molecule has 1 unspecified atom stereocenters. The lowest BCUT2D eigenvalue weighted by molar-refractivity contribution is -0.141. The van der Waals surface area contributed by atoms with Crippen LogP contribution >= 0.6 is 23.2 Å². The van der Waals surface area contributed by atoms with E-state index in [0.717, 1.165) is 22.7 Å². The highest BCUT2D eigenvalue weighted by molar-refractivity contribution is 6.30. The number of hydrogen-bond donors (Lipinski definition) is 1. The molecule has 2 saturated heterocycles. The predicted octanol–water partition coefficient (Wildman–Crippen LogP) is 7.36. The molecule has 0 bridgehead atoms. The van der Waals surface area contributed by atoms with E-state index in [2.05, 4.69) is 18.3 Å². The molecule has 2 aliphatic rings. The van der Waals surface area contributed by atoms with Crippen LogP contribution in [-0.2, 0) is 14.3 Å². The molecule has 2 aliphatic heterocycles. The normalized spacial score (nSPS) is 22.2. The molecule has 0 saturated carbocycles. The lowest BCUT2D eigenvalue weighted by Crippen LogP contribution is -2.58. The van der Waals surface area contributed by atoms with Crippen LogP contribution in [0.5, 0.6) is 0 Å². The highest BCUT2D eigenvalue weighted by Gasteiger charge is 2.39. The van der Waals surface area contributed by atoms with Gasteiger partial charge in [-0.1, -0.05) is 75.2 Å². The smallest absolute Gasteiger partial charge is 0.410 e. The van der Waals surface area contributed by atoms with E-state index < -0.39 is 5.60 Å². The Bertz CT molecular complexity index is 1330. The van der Waals surface area contributed by atoms with Crippen LogP contribution in [0.3, 0.4) is 0 Å². The number of piperazine rings is 2. The summed E-state index contributed by atoms with van der Waals surface area (Å²) < 4.78 is 5.60. The van der Waals surface area contributed by atoms with Gasteiger partial charge in [-0.2, -0.15) is 0 Å². The maximum Gasteiger partial charge on any atom is 0.410 e. The summed E-state index contributed by atoms with van der Waals surface area (Å²) in [6.45, 7) is 19.7. The van der Waals surface area contributed by atoms with Gasteiger partial charge in [-0.05, 0) is 70.0 Å². The number of nitrogens with one attached hydrogen (secondary N) is 1. The third-order valence-corrected chi connectivity index (χ3v) is 8.45. The first-order valence-electron chi connectivity index (χ1n) is 15.8. The second kappa shape index (κ2) is 15.7. The number of nitrogens with zero attached hydrogens (tertiary/aromatic N) is 3. The summed E-state index contributed by atoms with van der Waals surface area (Å²) >= 11 is 12.2. The summed E-state index contributed by atoms with van der Waals surface area (Å²) in [6, 6.07) is 15.3. The van der Waals surface area contributed by atoms with E-state index >= 15 is 0 Å². The van der Waals surface area contributed by atoms with Crippen molar-refractivity contribution in [3.63, 3.8) is 0 Å². The summed E-state index contributed by atoms with van der Waals surface area (Å²) in [4.78, 5) is 43.2. The summed E-state index contributed by atoms with van der Waals surface area (Å²) in [5, 5.41) is 4.82. The monoisotopic (exact) mass is 660 g/mol. The van der Waals surface area contributed by atoms with Crippen LogP contribution in [0.25, 0.3) is 0 Å². The van der Waals surface area contributed by atoms with E-state index in [0.29, 0.717) is 24.7 Å². The number of halogens is 2. The van der Waals surface area contributed by atoms with Gasteiger partial charge in [0.15, 0.2) is 0 Å². The second-order valence-electron chi connectivity index (χ2n) is 13.7. The molecule has 1 N–H and O–H groups in total. The zero-order valence-electron chi connectivity index (χ0n) is 28.1. The van der Waals surface area contributed by atoms with Crippen LogP contribution in [0.4, 0.5) is 4.79 Å². The summed E-state index contributed by atoms with van der Waals surface area (Å²) in [7, 11) is 0. The standard InChI is InChI=1S/C20H29ClN2O3.C15H21ClN2O/c1-13(2)18(24)22-12-17(15-8-7-9-16(21)10-15)23(11-14(22)3)19(25)26-20(4,5)6;1-10(2)15(19)18-9-14(17-8-11(18)3)12-5-4-6-13(16)7-12/h7-10,13-14,17H,11-12H2,1-6H3;4-7,10-11,14,17H,8-9H2,1-3H3/t14-,17-;11-,14?/m11/s1. The first kappa shape index (κ1) is 36.7. The molecule has 0 aliphatic carbocycles. The number of benzene rings is 2. The van der Waals surface area contributed by atoms with Crippen molar-refractivity contribution in [2.75, 3.05) is 26.2 Å². The van der Waals surface area contributed by atoms with Crippen molar-refractivity contribution in [3.05, 3.63) is 69.7 Å². The Morgan fingerprint density at radius 1 is 0.778 bits per heavy atom. The number of carbonyl (C=O) groups excluding carboxylic acids is 3. The largest absolute Gasteiger partial charge is 0.444 e. The molecular weight excluding hydrogens is 611 g/mol. The Balaban J connectivity index is 0.000000257. The van der Waals surface area contributed by atoms with Crippen LogP contribution < -0.4 is 5.32 Å². The first-order valence-corrected chi connectivity index (χ1v) is 16.6. The van der Waals surface area contributed by atoms with Crippen molar-refractivity contribution >= 4 is 41.1 Å². The van der Waals surface area contributed by atoms with E-state index in [-0.39, 0.29) is 53.9 Å². The van der Waals surface area contributed by atoms with Gasteiger partial charge in [0.2, 0.25) is 11.8 Å². The molecule has 0 radical (unpaired) electrons. The van der Waals surface area contributed by atoms with Crippen LogP contribution in [0, 0.1) is 11.8 Å². The molecular formula is C35H50Cl2N4O4. The van der Waals surface area contributed by atoms with E-state index in [1.54, 1.807) is 11.0 Å². The fourth-order valence-corrected chi connectivity index (χ4v) is 5.98. The van der Waals surface area contributed by atoms with E-state index in [9.17, 15) is 14.4 Å². The molecule has 0 spiro atoms. The van der Waals surface area contributed by atoms with Gasteiger partial charge in [-0.3, -0.25) is 14.5 Å². The van der Waals surface area contributed by atoms with Gasteiger partial charge >= 0.3 is 6.09 Å². The number of hydrogen-bond acceptors (Lipinski definition) is 5. The summed E-state index contributed by atoms with van der Waals surface area (Å²) in [5.74, 6) is 0.264. The number of carbonyl (C=O) groups is 3. The van der Waals surface area contributed by atoms with Crippen molar-refractivity contribution in [1.82, 2.24) is 20.0 Å². The topological polar surface area (TPSA) is 82.2 Å². The van der Waals surface area contributed by atoms with Crippen molar-refractivity contribution in [1.29, 1.82) is 0 Å². The molecule has 2 aromatic carbocycles. The van der Waals surface area contributed by atoms with Crippen LogP contribution in [-0.4, -0.2) is 76.5 Å². The average Bonchev–Trinajstić information content (AvgIpc) is 2.96. The lowest BCUT2D eigenvalue weighted by Gasteiger charge is -2.46. The molecule has 10 heteroatoms. The Hall–Kier alpha value is -2.81. The highest BCUT2D eigenvalue weighted by Crippen LogP contribution is 2.32. The van der Waals surface area contributed by atoms with Crippen molar-refractivity contribution < 1.29 is 19.1 Å². The number of rotatable bonds is 4. The zero-order valence-corrected chi connectivity index (χ0v) is 29.7. The Morgan fingerprint density at radius 3 is 1.80 bits per heavy atom. The highest BCUT2D eigenvalue weighted by atomic mass is 35.5. The molecule has 4 rings (SSSR count). The Kier molecular flexibility index (Phi) is 12.8. The molecule has 248 valence electrons.